The molecule has 0 aliphatic heterocycles. The van der Waals surface area contributed by atoms with Gasteiger partial charge < -0.3 is 28.9 Å². The van der Waals surface area contributed by atoms with Gasteiger partial charge in [0.1, 0.15) is 34.5 Å². The number of hydrogen-bond acceptors (Lipinski definition) is 6. The van der Waals surface area contributed by atoms with Gasteiger partial charge in [0.15, 0.2) is 0 Å². The summed E-state index contributed by atoms with van der Waals surface area (Å²) in [7, 11) is 0. The summed E-state index contributed by atoms with van der Waals surface area (Å²) in [4.78, 5) is 6.69. The SMILES string of the molecule is c1ccc(Oc2cc(Oc3cccc(Oc4cc(N(c5ccccc5)c5ccccc5)cc(N(c5ccccc5)c5ccccc5)c4)c3)cc(N(c3ccccc3)c3ccccc3)c2)cc1. The molecule has 0 N–H and O–H groups in total. The summed E-state index contributed by atoms with van der Waals surface area (Å²) in [5, 5.41) is 0. The average Bonchev–Trinajstić information content (AvgIpc) is 3.37. The molecule has 0 saturated carbocycles. The molecule has 66 heavy (non-hydrogen) atoms. The van der Waals surface area contributed by atoms with Crippen LogP contribution in [0, 0.1) is 0 Å². The third-order valence-corrected chi connectivity index (χ3v) is 10.9. The van der Waals surface area contributed by atoms with Crippen molar-refractivity contribution in [3.05, 3.63) is 273 Å². The van der Waals surface area contributed by atoms with Crippen LogP contribution in [0.2, 0.25) is 0 Å². The number of anilines is 9. The smallest absolute Gasteiger partial charge is 0.133 e. The largest absolute Gasteiger partial charge is 0.457 e. The molecule has 0 bridgehead atoms. The van der Waals surface area contributed by atoms with Crippen LogP contribution in [0.15, 0.2) is 273 Å². The second-order valence-corrected chi connectivity index (χ2v) is 15.5. The lowest BCUT2D eigenvalue weighted by atomic mass is 10.1. The first-order chi connectivity index (χ1) is 32.7. The first-order valence-electron chi connectivity index (χ1n) is 21.9. The molecule has 6 heteroatoms. The lowest BCUT2D eigenvalue weighted by Gasteiger charge is -2.30. The zero-order chi connectivity index (χ0) is 44.3. The summed E-state index contributed by atoms with van der Waals surface area (Å²) in [6.07, 6.45) is 0. The molecular formula is C60H45N3O3. The fourth-order valence-corrected chi connectivity index (χ4v) is 7.99. The predicted octanol–water partition coefficient (Wildman–Crippen LogP) is 17.5. The Balaban J connectivity index is 1.05. The first kappa shape index (κ1) is 41.0. The van der Waals surface area contributed by atoms with Crippen molar-refractivity contribution >= 4 is 51.2 Å². The van der Waals surface area contributed by atoms with E-state index in [1.165, 1.54) is 0 Å². The van der Waals surface area contributed by atoms with E-state index in [2.05, 4.69) is 154 Å². The fourth-order valence-electron chi connectivity index (χ4n) is 7.99. The summed E-state index contributed by atoms with van der Waals surface area (Å²) in [5.74, 6) is 3.81. The van der Waals surface area contributed by atoms with E-state index < -0.39 is 0 Å². The second-order valence-electron chi connectivity index (χ2n) is 15.5. The van der Waals surface area contributed by atoms with Gasteiger partial charge in [0.2, 0.25) is 0 Å². The number of hydrogen-bond donors (Lipinski definition) is 0. The second kappa shape index (κ2) is 19.6. The maximum absolute atomic E-state index is 6.90. The molecule has 0 aromatic heterocycles. The van der Waals surface area contributed by atoms with Crippen molar-refractivity contribution in [1.29, 1.82) is 0 Å². The van der Waals surface area contributed by atoms with Crippen LogP contribution in [0.3, 0.4) is 0 Å². The maximum atomic E-state index is 6.90. The molecule has 0 heterocycles. The Labute approximate surface area is 386 Å². The van der Waals surface area contributed by atoms with Crippen LogP contribution in [0.5, 0.6) is 34.5 Å². The molecule has 0 unspecified atom stereocenters. The minimum absolute atomic E-state index is 0.597. The van der Waals surface area contributed by atoms with Crippen molar-refractivity contribution in [2.75, 3.05) is 14.7 Å². The lowest BCUT2D eigenvalue weighted by molar-refractivity contribution is 0.452. The van der Waals surface area contributed by atoms with E-state index in [0.717, 1.165) is 56.9 Å². The van der Waals surface area contributed by atoms with Crippen LogP contribution in [0.4, 0.5) is 51.2 Å². The van der Waals surface area contributed by atoms with Crippen molar-refractivity contribution < 1.29 is 14.2 Å². The van der Waals surface area contributed by atoms with E-state index in [4.69, 9.17) is 14.2 Å². The summed E-state index contributed by atoms with van der Waals surface area (Å²) in [6, 6.07) is 92.1. The van der Waals surface area contributed by atoms with E-state index in [9.17, 15) is 0 Å². The quantitative estimate of drug-likeness (QED) is 0.102. The summed E-state index contributed by atoms with van der Waals surface area (Å²) in [5.41, 5.74) is 8.79. The summed E-state index contributed by atoms with van der Waals surface area (Å²) < 4.78 is 20.1. The Hall–Kier alpha value is -9.00. The van der Waals surface area contributed by atoms with Gasteiger partial charge in [-0.25, -0.2) is 0 Å². The van der Waals surface area contributed by atoms with Crippen LogP contribution < -0.4 is 28.9 Å². The molecule has 0 radical (unpaired) electrons. The highest BCUT2D eigenvalue weighted by atomic mass is 16.5. The van der Waals surface area contributed by atoms with Gasteiger partial charge in [-0.3, -0.25) is 0 Å². The molecular weight excluding hydrogens is 811 g/mol. The van der Waals surface area contributed by atoms with Crippen LogP contribution >= 0.6 is 0 Å². The topological polar surface area (TPSA) is 37.4 Å². The zero-order valence-corrected chi connectivity index (χ0v) is 36.0. The van der Waals surface area contributed by atoms with Gasteiger partial charge in [-0.05, 0) is 103 Å². The van der Waals surface area contributed by atoms with Gasteiger partial charge in [0.05, 0.1) is 17.1 Å². The molecule has 10 aromatic rings. The Morgan fingerprint density at radius 1 is 0.167 bits per heavy atom. The Kier molecular flexibility index (Phi) is 12.2. The van der Waals surface area contributed by atoms with Gasteiger partial charge >= 0.3 is 0 Å². The molecule has 10 aromatic carbocycles. The molecule has 0 saturated heterocycles. The molecule has 10 rings (SSSR count). The lowest BCUT2D eigenvalue weighted by Crippen LogP contribution is -2.13. The molecule has 0 fully saturated rings. The van der Waals surface area contributed by atoms with E-state index in [-0.39, 0.29) is 0 Å². The van der Waals surface area contributed by atoms with Crippen molar-refractivity contribution in [3.8, 4) is 34.5 Å². The zero-order valence-electron chi connectivity index (χ0n) is 36.0. The molecule has 0 aliphatic carbocycles. The highest BCUT2D eigenvalue weighted by Gasteiger charge is 2.20. The monoisotopic (exact) mass is 855 g/mol. The van der Waals surface area contributed by atoms with Crippen LogP contribution in [0.25, 0.3) is 0 Å². The van der Waals surface area contributed by atoms with Crippen LogP contribution in [0.1, 0.15) is 0 Å². The average molecular weight is 856 g/mol. The third kappa shape index (κ3) is 9.64. The molecule has 0 spiro atoms. The van der Waals surface area contributed by atoms with Crippen molar-refractivity contribution in [2.45, 2.75) is 0 Å². The van der Waals surface area contributed by atoms with Gasteiger partial charge in [0.25, 0.3) is 0 Å². The van der Waals surface area contributed by atoms with Gasteiger partial charge in [-0.1, -0.05) is 133 Å². The Morgan fingerprint density at radius 3 is 0.712 bits per heavy atom. The maximum Gasteiger partial charge on any atom is 0.133 e. The number of nitrogens with zero attached hydrogens (tertiary/aromatic N) is 3. The van der Waals surface area contributed by atoms with Crippen molar-refractivity contribution in [1.82, 2.24) is 0 Å². The summed E-state index contributed by atoms with van der Waals surface area (Å²) >= 11 is 0. The normalized spacial score (nSPS) is 10.7. The number of benzene rings is 10. The summed E-state index contributed by atoms with van der Waals surface area (Å²) in [6.45, 7) is 0. The van der Waals surface area contributed by atoms with Crippen molar-refractivity contribution in [3.63, 3.8) is 0 Å². The van der Waals surface area contributed by atoms with Gasteiger partial charge in [-0.2, -0.15) is 0 Å². The number of para-hydroxylation sites is 7. The van der Waals surface area contributed by atoms with Crippen LogP contribution in [-0.4, -0.2) is 0 Å². The van der Waals surface area contributed by atoms with Gasteiger partial charge in [-0.15, -0.1) is 0 Å². The molecule has 0 atom stereocenters. The predicted molar refractivity (Wildman–Crippen MR) is 270 cm³/mol. The van der Waals surface area contributed by atoms with Crippen LogP contribution in [-0.2, 0) is 0 Å². The van der Waals surface area contributed by atoms with E-state index >= 15 is 0 Å². The standard InChI is InChI=1S/C60H45N3O3/c1-8-23-46(24-9-1)61(47-25-10-2-11-26-47)52-39-53(62(48-27-12-3-13-28-48)49-29-14-4-15-30-49)41-58(40-52)65-56-37-22-38-57(44-56)66-60-43-54(42-59(45-60)64-55-35-20-7-21-36-55)63(50-31-16-5-17-32-50)51-33-18-6-19-34-51/h1-45H. The van der Waals surface area contributed by atoms with Crippen molar-refractivity contribution in [2.24, 2.45) is 0 Å². The first-order valence-corrected chi connectivity index (χ1v) is 21.9. The molecule has 6 nitrogen and oxygen atoms in total. The van der Waals surface area contributed by atoms with E-state index in [1.54, 1.807) is 0 Å². The Morgan fingerprint density at radius 2 is 0.394 bits per heavy atom. The minimum atomic E-state index is 0.597. The highest BCUT2D eigenvalue weighted by molar-refractivity contribution is 5.84. The van der Waals surface area contributed by atoms with Gasteiger partial charge in [0, 0.05) is 70.5 Å². The minimum Gasteiger partial charge on any atom is -0.457 e. The molecule has 318 valence electrons. The van der Waals surface area contributed by atoms with E-state index in [1.807, 2.05) is 133 Å². The number of rotatable bonds is 15. The van der Waals surface area contributed by atoms with E-state index in [0.29, 0.717) is 28.7 Å². The number of ether oxygens (including phenoxy) is 3. The Bertz CT molecular complexity index is 2890. The fraction of sp³-hybridized carbons (Fsp3) is 0. The third-order valence-electron chi connectivity index (χ3n) is 10.9. The molecule has 0 aliphatic rings. The highest BCUT2D eigenvalue weighted by Crippen LogP contribution is 2.45. The molecule has 0 amide bonds.